The Bertz CT molecular complexity index is 284. The van der Waals surface area contributed by atoms with Crippen LogP contribution in [0.5, 0.6) is 0 Å². The summed E-state index contributed by atoms with van der Waals surface area (Å²) in [6, 6.07) is 0.140. The summed E-state index contributed by atoms with van der Waals surface area (Å²) in [6.07, 6.45) is 4.24. The van der Waals surface area contributed by atoms with E-state index in [4.69, 9.17) is 0 Å². The van der Waals surface area contributed by atoms with Gasteiger partial charge < -0.3 is 14.9 Å². The highest BCUT2D eigenvalue weighted by Crippen LogP contribution is 2.29. The summed E-state index contributed by atoms with van der Waals surface area (Å²) >= 11 is 0. The molecule has 14 heavy (non-hydrogen) atoms. The van der Waals surface area contributed by atoms with Gasteiger partial charge in [-0.15, -0.1) is 0 Å². The fourth-order valence-electron chi connectivity index (χ4n) is 1.96. The van der Waals surface area contributed by atoms with Crippen LogP contribution in [0.3, 0.4) is 0 Å². The van der Waals surface area contributed by atoms with Gasteiger partial charge in [-0.2, -0.15) is 4.98 Å². The molecule has 1 aliphatic carbocycles. The standard InChI is InChI=1S/C9H15N3O2/c1-9(13)4-2-3-7(9)10-5-8-11-6-14-12-8/h6-7,10,13H,2-5H2,1H3. The van der Waals surface area contributed by atoms with Crippen molar-refractivity contribution in [1.82, 2.24) is 15.5 Å². The monoisotopic (exact) mass is 197 g/mol. The summed E-state index contributed by atoms with van der Waals surface area (Å²) in [4.78, 5) is 3.90. The zero-order valence-electron chi connectivity index (χ0n) is 8.23. The fraction of sp³-hybridized carbons (Fsp3) is 0.778. The van der Waals surface area contributed by atoms with Crippen molar-refractivity contribution in [1.29, 1.82) is 0 Å². The highest BCUT2D eigenvalue weighted by Gasteiger charge is 2.36. The molecule has 0 amide bonds. The largest absolute Gasteiger partial charge is 0.389 e. The molecule has 0 aliphatic heterocycles. The van der Waals surface area contributed by atoms with Crippen LogP contribution in [0.2, 0.25) is 0 Å². The first-order chi connectivity index (χ1) is 6.68. The molecule has 0 bridgehead atoms. The first-order valence-corrected chi connectivity index (χ1v) is 4.89. The molecule has 1 aromatic rings. The van der Waals surface area contributed by atoms with E-state index in [1.165, 1.54) is 6.39 Å². The minimum atomic E-state index is -0.594. The number of nitrogens with zero attached hydrogens (tertiary/aromatic N) is 2. The molecule has 5 heteroatoms. The molecule has 1 aliphatic rings. The fourth-order valence-corrected chi connectivity index (χ4v) is 1.96. The van der Waals surface area contributed by atoms with Crippen molar-refractivity contribution in [2.45, 2.75) is 44.4 Å². The minimum Gasteiger partial charge on any atom is -0.389 e. The van der Waals surface area contributed by atoms with E-state index < -0.39 is 5.60 Å². The average molecular weight is 197 g/mol. The van der Waals surface area contributed by atoms with Gasteiger partial charge in [-0.1, -0.05) is 5.16 Å². The van der Waals surface area contributed by atoms with Crippen LogP contribution >= 0.6 is 0 Å². The van der Waals surface area contributed by atoms with Crippen molar-refractivity contribution >= 4 is 0 Å². The average Bonchev–Trinajstić information content (AvgIpc) is 2.71. The van der Waals surface area contributed by atoms with E-state index in [-0.39, 0.29) is 6.04 Å². The molecule has 78 valence electrons. The maximum atomic E-state index is 9.96. The number of aliphatic hydroxyl groups is 1. The molecule has 2 N–H and O–H groups in total. The van der Waals surface area contributed by atoms with Crippen molar-refractivity contribution in [2.24, 2.45) is 0 Å². The number of hydrogen-bond acceptors (Lipinski definition) is 5. The van der Waals surface area contributed by atoms with Crippen molar-refractivity contribution < 1.29 is 9.63 Å². The molecule has 0 spiro atoms. The summed E-state index contributed by atoms with van der Waals surface area (Å²) in [5.74, 6) is 0.632. The van der Waals surface area contributed by atoms with Gasteiger partial charge in [0.2, 0.25) is 6.39 Å². The smallest absolute Gasteiger partial charge is 0.213 e. The predicted molar refractivity (Wildman–Crippen MR) is 49.4 cm³/mol. The molecule has 0 aromatic carbocycles. The first-order valence-electron chi connectivity index (χ1n) is 4.89. The van der Waals surface area contributed by atoms with Crippen LogP contribution in [0.25, 0.3) is 0 Å². The summed E-state index contributed by atoms with van der Waals surface area (Å²) in [7, 11) is 0. The zero-order chi connectivity index (χ0) is 10.0. The number of nitrogens with one attached hydrogen (secondary N) is 1. The second-order valence-electron chi connectivity index (χ2n) is 4.03. The van der Waals surface area contributed by atoms with Gasteiger partial charge in [0, 0.05) is 6.04 Å². The number of rotatable bonds is 3. The summed E-state index contributed by atoms with van der Waals surface area (Å²) < 4.78 is 4.62. The summed E-state index contributed by atoms with van der Waals surface area (Å²) in [5, 5.41) is 16.9. The lowest BCUT2D eigenvalue weighted by molar-refractivity contribution is 0.0384. The third kappa shape index (κ3) is 1.93. The van der Waals surface area contributed by atoms with Gasteiger partial charge >= 0.3 is 0 Å². The topological polar surface area (TPSA) is 71.2 Å². The first kappa shape index (κ1) is 9.61. The highest BCUT2D eigenvalue weighted by molar-refractivity contribution is 4.94. The van der Waals surface area contributed by atoms with E-state index in [1.807, 2.05) is 6.92 Å². The Hall–Kier alpha value is -0.940. The van der Waals surface area contributed by atoms with Crippen LogP contribution in [0.15, 0.2) is 10.9 Å². The van der Waals surface area contributed by atoms with Crippen LogP contribution in [-0.2, 0) is 6.54 Å². The van der Waals surface area contributed by atoms with Crippen molar-refractivity contribution in [3.05, 3.63) is 12.2 Å². The molecule has 0 radical (unpaired) electrons. The molecule has 2 unspecified atom stereocenters. The quantitative estimate of drug-likeness (QED) is 0.736. The molecule has 1 heterocycles. The molecular formula is C9H15N3O2. The van der Waals surface area contributed by atoms with Crippen LogP contribution < -0.4 is 5.32 Å². The second-order valence-corrected chi connectivity index (χ2v) is 4.03. The van der Waals surface area contributed by atoms with Gasteiger partial charge in [0.05, 0.1) is 12.1 Å². The van der Waals surface area contributed by atoms with Gasteiger partial charge in [0.25, 0.3) is 0 Å². The molecule has 1 saturated carbocycles. The lowest BCUT2D eigenvalue weighted by Crippen LogP contribution is -2.44. The van der Waals surface area contributed by atoms with Gasteiger partial charge in [-0.3, -0.25) is 0 Å². The Morgan fingerprint density at radius 1 is 1.79 bits per heavy atom. The second kappa shape index (κ2) is 3.67. The third-order valence-corrected chi connectivity index (χ3v) is 2.84. The Labute approximate surface area is 82.5 Å². The predicted octanol–water partition coefficient (Wildman–Crippen LogP) is 0.463. The van der Waals surface area contributed by atoms with Crippen LogP contribution in [0.4, 0.5) is 0 Å². The molecule has 0 saturated heterocycles. The van der Waals surface area contributed by atoms with Crippen LogP contribution in [0.1, 0.15) is 32.0 Å². The van der Waals surface area contributed by atoms with Crippen LogP contribution in [-0.4, -0.2) is 26.9 Å². The molecular weight excluding hydrogens is 182 g/mol. The Balaban J connectivity index is 1.86. The molecule has 2 rings (SSSR count). The van der Waals surface area contributed by atoms with Gasteiger partial charge in [-0.25, -0.2) is 0 Å². The van der Waals surface area contributed by atoms with E-state index in [1.54, 1.807) is 0 Å². The van der Waals surface area contributed by atoms with Gasteiger partial charge in [-0.05, 0) is 26.2 Å². The lowest BCUT2D eigenvalue weighted by Gasteiger charge is -2.25. The van der Waals surface area contributed by atoms with E-state index in [0.717, 1.165) is 19.3 Å². The van der Waals surface area contributed by atoms with Crippen molar-refractivity contribution in [3.63, 3.8) is 0 Å². The third-order valence-electron chi connectivity index (χ3n) is 2.84. The minimum absolute atomic E-state index is 0.140. The Morgan fingerprint density at radius 3 is 3.21 bits per heavy atom. The SMILES string of the molecule is CC1(O)CCCC1NCc1ncon1. The molecule has 5 nitrogen and oxygen atoms in total. The zero-order valence-corrected chi connectivity index (χ0v) is 8.23. The number of hydrogen-bond donors (Lipinski definition) is 2. The maximum absolute atomic E-state index is 9.96. The van der Waals surface area contributed by atoms with Gasteiger partial charge in [0.1, 0.15) is 0 Å². The molecule has 1 aromatic heterocycles. The summed E-state index contributed by atoms with van der Waals surface area (Å²) in [5.41, 5.74) is -0.594. The van der Waals surface area contributed by atoms with Crippen LogP contribution in [0, 0.1) is 0 Å². The van der Waals surface area contributed by atoms with E-state index >= 15 is 0 Å². The maximum Gasteiger partial charge on any atom is 0.213 e. The Morgan fingerprint density at radius 2 is 2.64 bits per heavy atom. The van der Waals surface area contributed by atoms with Crippen molar-refractivity contribution in [2.75, 3.05) is 0 Å². The normalized spacial score (nSPS) is 32.3. The van der Waals surface area contributed by atoms with Crippen molar-refractivity contribution in [3.8, 4) is 0 Å². The van der Waals surface area contributed by atoms with E-state index in [2.05, 4.69) is 20.0 Å². The number of aromatic nitrogens is 2. The van der Waals surface area contributed by atoms with E-state index in [0.29, 0.717) is 12.4 Å². The highest BCUT2D eigenvalue weighted by atomic mass is 16.5. The lowest BCUT2D eigenvalue weighted by atomic mass is 10.0. The summed E-state index contributed by atoms with van der Waals surface area (Å²) in [6.45, 7) is 2.42. The van der Waals surface area contributed by atoms with Gasteiger partial charge in [0.15, 0.2) is 5.82 Å². The Kier molecular flexibility index (Phi) is 2.52. The molecule has 2 atom stereocenters. The van der Waals surface area contributed by atoms with E-state index in [9.17, 15) is 5.11 Å². The molecule has 1 fully saturated rings.